The van der Waals surface area contributed by atoms with Crippen molar-refractivity contribution in [3.8, 4) is 0 Å². The van der Waals surface area contributed by atoms with Gasteiger partial charge in [-0.25, -0.2) is 0 Å². The van der Waals surface area contributed by atoms with Gasteiger partial charge >= 0.3 is 0 Å². The average molecular weight is 199 g/mol. The number of rotatable bonds is 2. The van der Waals surface area contributed by atoms with Crippen molar-refractivity contribution in [3.63, 3.8) is 0 Å². The van der Waals surface area contributed by atoms with E-state index in [1.54, 1.807) is 10.8 Å². The van der Waals surface area contributed by atoms with Crippen LogP contribution in [0, 0.1) is 4.77 Å². The molecule has 0 aliphatic rings. The van der Waals surface area contributed by atoms with Crippen molar-refractivity contribution in [3.05, 3.63) is 21.3 Å². The Morgan fingerprint density at radius 1 is 1.46 bits per heavy atom. The van der Waals surface area contributed by atoms with E-state index in [0.29, 0.717) is 11.3 Å². The van der Waals surface area contributed by atoms with Gasteiger partial charge in [-0.05, 0) is 26.1 Å². The summed E-state index contributed by atoms with van der Waals surface area (Å²) in [5.74, 6) is 0. The fourth-order valence-corrected chi connectivity index (χ4v) is 1.58. The normalized spacial score (nSPS) is 10.3. The first-order chi connectivity index (χ1) is 6.11. The minimum atomic E-state index is -0.197. The lowest BCUT2D eigenvalue weighted by molar-refractivity contribution is 0.615. The maximum atomic E-state index is 11.4. The van der Waals surface area contributed by atoms with Gasteiger partial charge in [0.2, 0.25) is 0 Å². The smallest absolute Gasteiger partial charge is 0.277 e. The Labute approximate surface area is 81.6 Å². The third-order valence-electron chi connectivity index (χ3n) is 1.92. The molecule has 1 heterocycles. The molecule has 5 heteroatoms. The molecule has 0 fully saturated rings. The predicted octanol–water partition coefficient (Wildman–Crippen LogP) is 1.00. The number of nitrogens with zero attached hydrogens (tertiary/aromatic N) is 2. The Morgan fingerprint density at radius 2 is 2.08 bits per heavy atom. The summed E-state index contributed by atoms with van der Waals surface area (Å²) in [7, 11) is 0. The Bertz CT molecular complexity index is 418. The number of hydrogen-bond acceptors (Lipinski definition) is 3. The van der Waals surface area contributed by atoms with Gasteiger partial charge in [0, 0.05) is 19.3 Å². The summed E-state index contributed by atoms with van der Waals surface area (Å²) in [5.41, 5.74) is 5.59. The zero-order valence-corrected chi connectivity index (χ0v) is 8.60. The molecule has 1 aromatic heterocycles. The first kappa shape index (κ1) is 9.98. The number of nitrogen functional groups attached to an aromatic ring is 1. The van der Waals surface area contributed by atoms with Crippen molar-refractivity contribution >= 4 is 17.9 Å². The van der Waals surface area contributed by atoms with Crippen LogP contribution >= 0.6 is 12.2 Å². The summed E-state index contributed by atoms with van der Waals surface area (Å²) in [5, 5.41) is 0. The van der Waals surface area contributed by atoms with E-state index in [9.17, 15) is 4.79 Å². The molecule has 0 saturated carbocycles. The number of anilines is 1. The SMILES string of the molecule is CCn1cc(N)c(=O)n(CC)c1=S. The van der Waals surface area contributed by atoms with Gasteiger partial charge < -0.3 is 10.3 Å². The minimum absolute atomic E-state index is 0.197. The van der Waals surface area contributed by atoms with Gasteiger partial charge in [-0.15, -0.1) is 0 Å². The monoisotopic (exact) mass is 199 g/mol. The highest BCUT2D eigenvalue weighted by Gasteiger charge is 2.02. The molecule has 0 bridgehead atoms. The molecule has 0 spiro atoms. The van der Waals surface area contributed by atoms with Gasteiger partial charge in [0.15, 0.2) is 4.77 Å². The molecule has 0 saturated heterocycles. The summed E-state index contributed by atoms with van der Waals surface area (Å²) in [4.78, 5) is 11.4. The molecule has 0 unspecified atom stereocenters. The third-order valence-corrected chi connectivity index (χ3v) is 2.38. The molecular weight excluding hydrogens is 186 g/mol. The van der Waals surface area contributed by atoms with Crippen LogP contribution in [-0.2, 0) is 13.1 Å². The number of aryl methyl sites for hydroxylation is 1. The van der Waals surface area contributed by atoms with Crippen LogP contribution in [-0.4, -0.2) is 9.13 Å². The van der Waals surface area contributed by atoms with Crippen molar-refractivity contribution < 1.29 is 0 Å². The number of aromatic nitrogens is 2. The standard InChI is InChI=1S/C8H13N3OS/c1-3-10-5-6(9)7(12)11(4-2)8(10)13/h5H,3-4,9H2,1-2H3. The van der Waals surface area contributed by atoms with E-state index < -0.39 is 0 Å². The second-order valence-corrected chi connectivity index (χ2v) is 3.07. The lowest BCUT2D eigenvalue weighted by Crippen LogP contribution is -2.26. The van der Waals surface area contributed by atoms with Crippen LogP contribution in [0.15, 0.2) is 11.0 Å². The summed E-state index contributed by atoms with van der Waals surface area (Å²) in [6.45, 7) is 5.11. The molecule has 0 amide bonds. The molecule has 2 N–H and O–H groups in total. The van der Waals surface area contributed by atoms with E-state index in [4.69, 9.17) is 18.0 Å². The predicted molar refractivity (Wildman–Crippen MR) is 55.3 cm³/mol. The maximum Gasteiger partial charge on any atom is 0.277 e. The fourth-order valence-electron chi connectivity index (χ4n) is 1.18. The summed E-state index contributed by atoms with van der Waals surface area (Å²) >= 11 is 5.11. The second-order valence-electron chi connectivity index (χ2n) is 2.70. The maximum absolute atomic E-state index is 11.4. The third kappa shape index (κ3) is 1.65. The first-order valence-corrected chi connectivity index (χ1v) is 4.62. The molecular formula is C8H13N3OS. The van der Waals surface area contributed by atoms with E-state index in [1.807, 2.05) is 13.8 Å². The van der Waals surface area contributed by atoms with E-state index in [2.05, 4.69) is 0 Å². The van der Waals surface area contributed by atoms with Crippen LogP contribution in [0.1, 0.15) is 13.8 Å². The van der Waals surface area contributed by atoms with E-state index >= 15 is 0 Å². The molecule has 72 valence electrons. The van der Waals surface area contributed by atoms with Gasteiger partial charge in [0.05, 0.1) is 0 Å². The Kier molecular flexibility index (Phi) is 2.87. The largest absolute Gasteiger partial charge is 0.393 e. The number of hydrogen-bond donors (Lipinski definition) is 1. The fraction of sp³-hybridized carbons (Fsp3) is 0.500. The minimum Gasteiger partial charge on any atom is -0.393 e. The van der Waals surface area contributed by atoms with Crippen LogP contribution in [0.3, 0.4) is 0 Å². The van der Waals surface area contributed by atoms with Crippen LogP contribution in [0.5, 0.6) is 0 Å². The van der Waals surface area contributed by atoms with Gasteiger partial charge in [-0.3, -0.25) is 9.36 Å². The van der Waals surface area contributed by atoms with Crippen LogP contribution < -0.4 is 11.3 Å². The van der Waals surface area contributed by atoms with Crippen molar-refractivity contribution in [2.75, 3.05) is 5.73 Å². The molecule has 4 nitrogen and oxygen atoms in total. The van der Waals surface area contributed by atoms with Crippen LogP contribution in [0.25, 0.3) is 0 Å². The first-order valence-electron chi connectivity index (χ1n) is 4.21. The summed E-state index contributed by atoms with van der Waals surface area (Å²) in [6.07, 6.45) is 1.59. The highest BCUT2D eigenvalue weighted by Crippen LogP contribution is 1.97. The molecule has 0 aromatic carbocycles. The van der Waals surface area contributed by atoms with Gasteiger partial charge in [0.25, 0.3) is 5.56 Å². The zero-order valence-electron chi connectivity index (χ0n) is 7.78. The van der Waals surface area contributed by atoms with Crippen LogP contribution in [0.2, 0.25) is 0 Å². The van der Waals surface area contributed by atoms with Gasteiger partial charge in [-0.2, -0.15) is 0 Å². The van der Waals surface area contributed by atoms with E-state index in [1.165, 1.54) is 4.57 Å². The van der Waals surface area contributed by atoms with E-state index in [0.717, 1.165) is 6.54 Å². The van der Waals surface area contributed by atoms with Gasteiger partial charge in [0.1, 0.15) is 5.69 Å². The summed E-state index contributed by atoms with van der Waals surface area (Å²) < 4.78 is 3.81. The highest BCUT2D eigenvalue weighted by molar-refractivity contribution is 7.71. The van der Waals surface area contributed by atoms with E-state index in [-0.39, 0.29) is 11.2 Å². The average Bonchev–Trinajstić information content (AvgIpc) is 2.12. The topological polar surface area (TPSA) is 52.9 Å². The van der Waals surface area contributed by atoms with Crippen LogP contribution in [0.4, 0.5) is 5.69 Å². The number of nitrogens with two attached hydrogens (primary N) is 1. The Morgan fingerprint density at radius 3 is 2.54 bits per heavy atom. The molecule has 0 radical (unpaired) electrons. The quantitative estimate of drug-likeness (QED) is 0.723. The van der Waals surface area contributed by atoms with Crippen molar-refractivity contribution in [1.29, 1.82) is 0 Å². The Balaban J connectivity index is 3.58. The summed E-state index contributed by atoms with van der Waals surface area (Å²) in [6, 6.07) is 0. The molecule has 0 aliphatic carbocycles. The highest BCUT2D eigenvalue weighted by atomic mass is 32.1. The molecule has 13 heavy (non-hydrogen) atoms. The van der Waals surface area contributed by atoms with Crippen molar-refractivity contribution in [2.24, 2.45) is 0 Å². The van der Waals surface area contributed by atoms with Crippen molar-refractivity contribution in [1.82, 2.24) is 9.13 Å². The molecule has 0 aliphatic heterocycles. The zero-order chi connectivity index (χ0) is 10.0. The van der Waals surface area contributed by atoms with Crippen molar-refractivity contribution in [2.45, 2.75) is 26.9 Å². The Hall–Kier alpha value is -1.10. The second kappa shape index (κ2) is 3.74. The molecule has 0 atom stereocenters. The lowest BCUT2D eigenvalue weighted by atomic mass is 10.5. The molecule has 1 aromatic rings. The lowest BCUT2D eigenvalue weighted by Gasteiger charge is -2.09. The van der Waals surface area contributed by atoms with Gasteiger partial charge in [-0.1, -0.05) is 0 Å². The molecule has 1 rings (SSSR count).